The molecule has 0 spiro atoms. The standard InChI is InChI=1S/C13H12ClNO3S/c1-9(14)7-10(2)15-19(16,17)13-8-11-5-3-4-6-12(11)18-13/h3-8,15H,1H2,2H3. The number of halogens is 1. The Bertz CT molecular complexity index is 726. The molecule has 0 amide bonds. The number of sulfonamides is 1. The molecule has 1 N–H and O–H groups in total. The monoisotopic (exact) mass is 297 g/mol. The van der Waals surface area contributed by atoms with E-state index in [1.54, 1.807) is 25.1 Å². The fraction of sp³-hybridized carbons (Fsp3) is 0.0769. The third-order valence-electron chi connectivity index (χ3n) is 2.34. The molecule has 0 saturated carbocycles. The van der Waals surface area contributed by atoms with Gasteiger partial charge in [0.05, 0.1) is 0 Å². The Morgan fingerprint density at radius 2 is 2.11 bits per heavy atom. The first kappa shape index (κ1) is 13.7. The molecule has 1 heterocycles. The summed E-state index contributed by atoms with van der Waals surface area (Å²) in [4.78, 5) is 0. The molecule has 0 radical (unpaired) electrons. The summed E-state index contributed by atoms with van der Waals surface area (Å²) in [5, 5.41) is 0.831. The Kier molecular flexibility index (Phi) is 3.68. The number of fused-ring (bicyclic) bond motifs is 1. The number of furan rings is 1. The Labute approximate surface area is 116 Å². The largest absolute Gasteiger partial charge is 0.443 e. The summed E-state index contributed by atoms with van der Waals surface area (Å²) in [6.07, 6.45) is 1.42. The zero-order chi connectivity index (χ0) is 14.0. The van der Waals surface area contributed by atoms with Gasteiger partial charge in [0.15, 0.2) is 0 Å². The van der Waals surface area contributed by atoms with Crippen molar-refractivity contribution in [3.8, 4) is 0 Å². The molecule has 0 saturated heterocycles. The van der Waals surface area contributed by atoms with E-state index in [1.807, 2.05) is 6.07 Å². The Hall–Kier alpha value is -1.72. The van der Waals surface area contributed by atoms with Crippen LogP contribution in [0.15, 0.2) is 63.2 Å². The number of hydrogen-bond donors (Lipinski definition) is 1. The summed E-state index contributed by atoms with van der Waals surface area (Å²) in [6, 6.07) is 8.54. The number of nitrogens with one attached hydrogen (secondary N) is 1. The molecule has 0 bridgehead atoms. The highest BCUT2D eigenvalue weighted by Gasteiger charge is 2.19. The maximum atomic E-state index is 12.1. The van der Waals surface area contributed by atoms with Gasteiger partial charge in [-0.3, -0.25) is 4.72 Å². The van der Waals surface area contributed by atoms with E-state index in [0.717, 1.165) is 5.39 Å². The lowest BCUT2D eigenvalue weighted by Crippen LogP contribution is -2.21. The minimum Gasteiger partial charge on any atom is -0.443 e. The van der Waals surface area contributed by atoms with Crippen LogP contribution in [-0.2, 0) is 10.0 Å². The quantitative estimate of drug-likeness (QED) is 0.880. The Morgan fingerprint density at radius 1 is 1.42 bits per heavy atom. The lowest BCUT2D eigenvalue weighted by molar-refractivity contribution is 0.478. The van der Waals surface area contributed by atoms with Gasteiger partial charge in [-0.2, -0.15) is 8.42 Å². The molecule has 0 unspecified atom stereocenters. The van der Waals surface area contributed by atoms with Crippen LogP contribution in [0, 0.1) is 0 Å². The second kappa shape index (κ2) is 5.11. The minimum atomic E-state index is -3.75. The summed E-state index contributed by atoms with van der Waals surface area (Å²) < 4.78 is 31.8. The molecule has 2 aromatic rings. The Morgan fingerprint density at radius 3 is 2.74 bits per heavy atom. The smallest absolute Gasteiger partial charge is 0.295 e. The van der Waals surface area contributed by atoms with Crippen molar-refractivity contribution in [2.24, 2.45) is 0 Å². The van der Waals surface area contributed by atoms with Crippen LogP contribution in [0.4, 0.5) is 0 Å². The summed E-state index contributed by atoms with van der Waals surface area (Å²) in [6.45, 7) is 5.04. The van der Waals surface area contributed by atoms with Crippen LogP contribution in [0.1, 0.15) is 6.92 Å². The van der Waals surface area contributed by atoms with Gasteiger partial charge in [-0.1, -0.05) is 36.4 Å². The second-order valence-electron chi connectivity index (χ2n) is 3.98. The molecule has 1 aromatic heterocycles. The van der Waals surface area contributed by atoms with E-state index >= 15 is 0 Å². The van der Waals surface area contributed by atoms with Crippen LogP contribution < -0.4 is 4.72 Å². The highest BCUT2D eigenvalue weighted by molar-refractivity contribution is 7.89. The fourth-order valence-corrected chi connectivity index (χ4v) is 2.85. The van der Waals surface area contributed by atoms with Crippen molar-refractivity contribution < 1.29 is 12.8 Å². The van der Waals surface area contributed by atoms with E-state index < -0.39 is 10.0 Å². The number of benzene rings is 1. The van der Waals surface area contributed by atoms with Crippen LogP contribution in [0.3, 0.4) is 0 Å². The van der Waals surface area contributed by atoms with E-state index in [9.17, 15) is 8.42 Å². The van der Waals surface area contributed by atoms with Crippen molar-refractivity contribution >= 4 is 32.6 Å². The van der Waals surface area contributed by atoms with Gasteiger partial charge in [-0.15, -0.1) is 0 Å². The summed E-state index contributed by atoms with van der Waals surface area (Å²) in [5.74, 6) is 0. The third kappa shape index (κ3) is 3.19. The van der Waals surface area contributed by atoms with Gasteiger partial charge in [-0.25, -0.2) is 0 Å². The van der Waals surface area contributed by atoms with Crippen LogP contribution in [0.2, 0.25) is 0 Å². The lowest BCUT2D eigenvalue weighted by atomic mass is 10.3. The van der Waals surface area contributed by atoms with E-state index in [0.29, 0.717) is 11.3 Å². The van der Waals surface area contributed by atoms with E-state index in [1.165, 1.54) is 12.1 Å². The van der Waals surface area contributed by atoms with Crippen LogP contribution in [0.5, 0.6) is 0 Å². The van der Waals surface area contributed by atoms with E-state index in [4.69, 9.17) is 16.0 Å². The van der Waals surface area contributed by atoms with E-state index in [2.05, 4.69) is 11.3 Å². The molecule has 1 aromatic carbocycles. The van der Waals surface area contributed by atoms with Crippen molar-refractivity contribution in [3.05, 3.63) is 53.7 Å². The van der Waals surface area contributed by atoms with Gasteiger partial charge in [-0.05, 0) is 19.1 Å². The maximum Gasteiger partial charge on any atom is 0.295 e. The van der Waals surface area contributed by atoms with Crippen molar-refractivity contribution in [2.75, 3.05) is 0 Å². The van der Waals surface area contributed by atoms with Gasteiger partial charge in [0.2, 0.25) is 5.09 Å². The summed E-state index contributed by atoms with van der Waals surface area (Å²) in [5.41, 5.74) is 0.881. The van der Waals surface area contributed by atoms with Gasteiger partial charge in [0, 0.05) is 22.2 Å². The van der Waals surface area contributed by atoms with Crippen molar-refractivity contribution in [2.45, 2.75) is 12.0 Å². The normalized spacial score (nSPS) is 12.6. The summed E-state index contributed by atoms with van der Waals surface area (Å²) in [7, 11) is -3.75. The number of hydrogen-bond acceptors (Lipinski definition) is 3. The Balaban J connectivity index is 2.36. The van der Waals surface area contributed by atoms with Crippen molar-refractivity contribution in [1.29, 1.82) is 0 Å². The first-order chi connectivity index (χ1) is 8.88. The SMILES string of the molecule is C=C(Cl)C=C(C)NS(=O)(=O)c1cc2ccccc2o1. The fourth-order valence-electron chi connectivity index (χ4n) is 1.62. The number of rotatable bonds is 4. The second-order valence-corrected chi connectivity index (χ2v) is 6.08. The minimum absolute atomic E-state index is 0.137. The molecule has 2 rings (SSSR count). The van der Waals surface area contributed by atoms with Crippen LogP contribution in [0.25, 0.3) is 11.0 Å². The molecular formula is C13H12ClNO3S. The molecule has 4 nitrogen and oxygen atoms in total. The maximum absolute atomic E-state index is 12.1. The van der Waals surface area contributed by atoms with Crippen LogP contribution >= 0.6 is 11.6 Å². The molecule has 0 fully saturated rings. The van der Waals surface area contributed by atoms with Gasteiger partial charge in [0.1, 0.15) is 5.58 Å². The summed E-state index contributed by atoms with van der Waals surface area (Å²) >= 11 is 5.58. The molecule has 0 aliphatic heterocycles. The van der Waals surface area contributed by atoms with Gasteiger partial charge in [0.25, 0.3) is 10.0 Å². The molecule has 0 atom stereocenters. The lowest BCUT2D eigenvalue weighted by Gasteiger charge is -2.04. The average molecular weight is 298 g/mol. The van der Waals surface area contributed by atoms with Gasteiger partial charge >= 0.3 is 0 Å². The zero-order valence-electron chi connectivity index (χ0n) is 10.2. The van der Waals surface area contributed by atoms with Crippen molar-refractivity contribution in [3.63, 3.8) is 0 Å². The van der Waals surface area contributed by atoms with Crippen molar-refractivity contribution in [1.82, 2.24) is 4.72 Å². The molecular weight excluding hydrogens is 286 g/mol. The predicted octanol–water partition coefficient (Wildman–Crippen LogP) is 3.37. The van der Waals surface area contributed by atoms with Gasteiger partial charge < -0.3 is 4.42 Å². The topological polar surface area (TPSA) is 59.3 Å². The van der Waals surface area contributed by atoms with E-state index in [-0.39, 0.29) is 10.1 Å². The zero-order valence-corrected chi connectivity index (χ0v) is 11.8. The highest BCUT2D eigenvalue weighted by Crippen LogP contribution is 2.22. The number of allylic oxidation sites excluding steroid dienone is 3. The molecule has 19 heavy (non-hydrogen) atoms. The highest BCUT2D eigenvalue weighted by atomic mass is 35.5. The first-order valence-electron chi connectivity index (χ1n) is 5.42. The predicted molar refractivity (Wildman–Crippen MR) is 75.3 cm³/mol. The third-order valence-corrected chi connectivity index (χ3v) is 3.77. The average Bonchev–Trinajstić information content (AvgIpc) is 2.71. The molecule has 6 heteroatoms. The molecule has 0 aliphatic carbocycles. The molecule has 0 aliphatic rings. The number of para-hydroxylation sites is 1. The first-order valence-corrected chi connectivity index (χ1v) is 7.29. The molecule has 100 valence electrons. The van der Waals surface area contributed by atoms with Crippen LogP contribution in [-0.4, -0.2) is 8.42 Å².